The molecule has 0 atom stereocenters. The lowest BCUT2D eigenvalue weighted by Crippen LogP contribution is -2.46. The van der Waals surface area contributed by atoms with Crippen molar-refractivity contribution in [3.05, 3.63) is 47.0 Å². The summed E-state index contributed by atoms with van der Waals surface area (Å²) in [5.41, 5.74) is 7.89. The lowest BCUT2D eigenvalue weighted by molar-refractivity contribution is -0.136. The number of benzene rings is 1. The van der Waals surface area contributed by atoms with Gasteiger partial charge in [0.05, 0.1) is 5.69 Å². The summed E-state index contributed by atoms with van der Waals surface area (Å²) in [6.45, 7) is 1.31. The monoisotopic (exact) mass is 386 g/mol. The van der Waals surface area contributed by atoms with Gasteiger partial charge in [0.2, 0.25) is 11.8 Å². The fourth-order valence-electron chi connectivity index (χ4n) is 3.69. The van der Waals surface area contributed by atoms with E-state index in [1.807, 2.05) is 28.5 Å². The molecule has 144 valence electrons. The van der Waals surface area contributed by atoms with Gasteiger partial charge in [0, 0.05) is 50.8 Å². The van der Waals surface area contributed by atoms with Gasteiger partial charge in [0.15, 0.2) is 5.13 Å². The maximum absolute atomic E-state index is 12.5. The van der Waals surface area contributed by atoms with E-state index < -0.39 is 0 Å². The van der Waals surface area contributed by atoms with Crippen LogP contribution in [0.25, 0.3) is 0 Å². The van der Waals surface area contributed by atoms with Crippen LogP contribution in [-0.2, 0) is 15.0 Å². The highest BCUT2D eigenvalue weighted by Crippen LogP contribution is 2.42. The molecule has 1 aliphatic rings. The first-order valence-corrected chi connectivity index (χ1v) is 10.1. The quantitative estimate of drug-likeness (QED) is 0.856. The maximum atomic E-state index is 12.5. The molecule has 0 unspecified atom stereocenters. The SMILES string of the molecule is CN(C)C(=O)CCC(=O)N1CCC(c2ccccc2)(c2csc(N)n2)CC1. The van der Waals surface area contributed by atoms with Crippen LogP contribution in [0.4, 0.5) is 5.13 Å². The van der Waals surface area contributed by atoms with Crippen LogP contribution in [0.2, 0.25) is 0 Å². The number of rotatable bonds is 5. The third kappa shape index (κ3) is 4.13. The number of thiazole rings is 1. The smallest absolute Gasteiger partial charge is 0.223 e. The third-order valence-electron chi connectivity index (χ3n) is 5.36. The number of anilines is 1. The lowest BCUT2D eigenvalue weighted by Gasteiger charge is -2.41. The summed E-state index contributed by atoms with van der Waals surface area (Å²) in [6.07, 6.45) is 2.12. The van der Waals surface area contributed by atoms with E-state index >= 15 is 0 Å². The van der Waals surface area contributed by atoms with Crippen molar-refractivity contribution in [2.24, 2.45) is 0 Å². The van der Waals surface area contributed by atoms with E-state index in [2.05, 4.69) is 17.1 Å². The van der Waals surface area contributed by atoms with Crippen molar-refractivity contribution in [2.45, 2.75) is 31.1 Å². The fraction of sp³-hybridized carbons (Fsp3) is 0.450. The van der Waals surface area contributed by atoms with Crippen molar-refractivity contribution in [3.8, 4) is 0 Å². The van der Waals surface area contributed by atoms with E-state index in [0.717, 1.165) is 18.5 Å². The summed E-state index contributed by atoms with van der Waals surface area (Å²) in [5.74, 6) is 0.0293. The third-order valence-corrected chi connectivity index (χ3v) is 6.03. The zero-order valence-electron chi connectivity index (χ0n) is 15.9. The molecule has 7 heteroatoms. The van der Waals surface area contributed by atoms with E-state index in [4.69, 9.17) is 5.73 Å². The van der Waals surface area contributed by atoms with Crippen LogP contribution in [0, 0.1) is 0 Å². The van der Waals surface area contributed by atoms with E-state index in [1.54, 1.807) is 14.1 Å². The standard InChI is InChI=1S/C20H26N4O2S/c1-23(2)17(25)8-9-18(26)24-12-10-20(11-13-24,15-6-4-3-5-7-15)16-14-27-19(21)22-16/h3-7,14H,8-13H2,1-2H3,(H2,21,22). The second kappa shape index (κ2) is 8.08. The van der Waals surface area contributed by atoms with E-state index in [1.165, 1.54) is 21.8 Å². The molecule has 0 saturated carbocycles. The van der Waals surface area contributed by atoms with Gasteiger partial charge in [-0.05, 0) is 18.4 Å². The summed E-state index contributed by atoms with van der Waals surface area (Å²) < 4.78 is 0. The average molecular weight is 387 g/mol. The second-order valence-electron chi connectivity index (χ2n) is 7.19. The van der Waals surface area contributed by atoms with Gasteiger partial charge in [-0.15, -0.1) is 11.3 Å². The Morgan fingerprint density at radius 3 is 2.41 bits per heavy atom. The normalized spacial score (nSPS) is 16.1. The molecule has 3 rings (SSSR count). The number of piperidine rings is 1. The van der Waals surface area contributed by atoms with Crippen molar-refractivity contribution in [3.63, 3.8) is 0 Å². The molecule has 1 aliphatic heterocycles. The Morgan fingerprint density at radius 2 is 1.85 bits per heavy atom. The fourth-order valence-corrected chi connectivity index (χ4v) is 4.35. The first kappa shape index (κ1) is 19.4. The number of amides is 2. The van der Waals surface area contributed by atoms with E-state index in [-0.39, 0.29) is 30.1 Å². The molecule has 2 N–H and O–H groups in total. The molecule has 0 radical (unpaired) electrons. The van der Waals surface area contributed by atoms with E-state index in [9.17, 15) is 9.59 Å². The number of hydrogen-bond acceptors (Lipinski definition) is 5. The number of carbonyl (C=O) groups is 2. The first-order valence-electron chi connectivity index (χ1n) is 9.17. The second-order valence-corrected chi connectivity index (χ2v) is 8.08. The van der Waals surface area contributed by atoms with Crippen LogP contribution in [-0.4, -0.2) is 53.8 Å². The summed E-state index contributed by atoms with van der Waals surface area (Å²) in [4.78, 5) is 32.3. The minimum atomic E-state index is -0.217. The molecule has 1 aromatic carbocycles. The molecular formula is C20H26N4O2S. The Bertz CT molecular complexity index is 795. The van der Waals surface area contributed by atoms with Crippen molar-refractivity contribution in [2.75, 3.05) is 32.9 Å². The Labute approximate surface area is 164 Å². The predicted octanol–water partition coefficient (Wildman–Crippen LogP) is 2.50. The van der Waals surface area contributed by atoms with Crippen LogP contribution < -0.4 is 5.73 Å². The van der Waals surface area contributed by atoms with Crippen LogP contribution >= 0.6 is 11.3 Å². The average Bonchev–Trinajstić information content (AvgIpc) is 3.13. The lowest BCUT2D eigenvalue weighted by atomic mass is 9.70. The highest BCUT2D eigenvalue weighted by Gasteiger charge is 2.40. The maximum Gasteiger partial charge on any atom is 0.223 e. The first-order chi connectivity index (χ1) is 12.9. The largest absolute Gasteiger partial charge is 0.375 e. The van der Waals surface area contributed by atoms with Gasteiger partial charge in [-0.3, -0.25) is 9.59 Å². The predicted molar refractivity (Wildman–Crippen MR) is 107 cm³/mol. The minimum absolute atomic E-state index is 0.0167. The molecule has 0 aliphatic carbocycles. The zero-order valence-corrected chi connectivity index (χ0v) is 16.7. The van der Waals surface area contributed by atoms with Crippen molar-refractivity contribution in [1.82, 2.24) is 14.8 Å². The van der Waals surface area contributed by atoms with Crippen molar-refractivity contribution >= 4 is 28.3 Å². The summed E-state index contributed by atoms with van der Waals surface area (Å²) in [5, 5.41) is 2.61. The van der Waals surface area contributed by atoms with Crippen LogP contribution in [0.3, 0.4) is 0 Å². The number of nitrogen functional groups attached to an aromatic ring is 1. The number of nitrogens with zero attached hydrogens (tertiary/aromatic N) is 3. The van der Waals surface area contributed by atoms with Crippen LogP contribution in [0.15, 0.2) is 35.7 Å². The summed E-state index contributed by atoms with van der Waals surface area (Å²) in [7, 11) is 3.42. The Balaban J connectivity index is 1.73. The van der Waals surface area contributed by atoms with E-state index in [0.29, 0.717) is 18.2 Å². The molecule has 1 fully saturated rings. The topological polar surface area (TPSA) is 79.5 Å². The van der Waals surface area contributed by atoms with Gasteiger partial charge in [-0.2, -0.15) is 0 Å². The molecule has 1 saturated heterocycles. The van der Waals surface area contributed by atoms with Gasteiger partial charge in [0.25, 0.3) is 0 Å². The van der Waals surface area contributed by atoms with Crippen molar-refractivity contribution < 1.29 is 9.59 Å². The highest BCUT2D eigenvalue weighted by atomic mass is 32.1. The van der Waals surface area contributed by atoms with Gasteiger partial charge in [-0.25, -0.2) is 4.98 Å². The summed E-state index contributed by atoms with van der Waals surface area (Å²) in [6, 6.07) is 10.3. The minimum Gasteiger partial charge on any atom is -0.375 e. The Hall–Kier alpha value is -2.41. The number of hydrogen-bond donors (Lipinski definition) is 1. The van der Waals surface area contributed by atoms with Crippen LogP contribution in [0.1, 0.15) is 36.9 Å². The zero-order chi connectivity index (χ0) is 19.4. The van der Waals surface area contributed by atoms with Crippen LogP contribution in [0.5, 0.6) is 0 Å². The number of nitrogens with two attached hydrogens (primary N) is 1. The number of carbonyl (C=O) groups excluding carboxylic acids is 2. The number of likely N-dealkylation sites (tertiary alicyclic amines) is 1. The Morgan fingerprint density at radius 1 is 1.19 bits per heavy atom. The highest BCUT2D eigenvalue weighted by molar-refractivity contribution is 7.13. The van der Waals surface area contributed by atoms with Gasteiger partial charge in [0.1, 0.15) is 0 Å². The Kier molecular flexibility index (Phi) is 5.79. The molecule has 0 bridgehead atoms. The molecule has 27 heavy (non-hydrogen) atoms. The van der Waals surface area contributed by atoms with Crippen molar-refractivity contribution in [1.29, 1.82) is 0 Å². The molecular weight excluding hydrogens is 360 g/mol. The molecule has 2 heterocycles. The molecule has 1 aromatic heterocycles. The number of aromatic nitrogens is 1. The molecule has 6 nitrogen and oxygen atoms in total. The molecule has 2 amide bonds. The molecule has 0 spiro atoms. The summed E-state index contributed by atoms with van der Waals surface area (Å²) >= 11 is 1.46. The molecule has 2 aromatic rings. The van der Waals surface area contributed by atoms with Gasteiger partial charge < -0.3 is 15.5 Å². The van der Waals surface area contributed by atoms with Gasteiger partial charge >= 0.3 is 0 Å². The van der Waals surface area contributed by atoms with Gasteiger partial charge in [-0.1, -0.05) is 30.3 Å².